The van der Waals surface area contributed by atoms with Crippen molar-refractivity contribution in [2.45, 2.75) is 104 Å². The summed E-state index contributed by atoms with van der Waals surface area (Å²) in [6.07, 6.45) is 11.2. The molecular formula is C28H43N5O5. The first-order valence-corrected chi connectivity index (χ1v) is 14.0. The van der Waals surface area contributed by atoms with Crippen LogP contribution in [0.3, 0.4) is 0 Å². The number of H-pyrrole nitrogens is 1. The van der Waals surface area contributed by atoms with E-state index in [9.17, 15) is 14.4 Å². The maximum absolute atomic E-state index is 12.8. The lowest BCUT2D eigenvalue weighted by Gasteiger charge is -2.21. The summed E-state index contributed by atoms with van der Waals surface area (Å²) in [5.41, 5.74) is 6.57. The molecule has 38 heavy (non-hydrogen) atoms. The summed E-state index contributed by atoms with van der Waals surface area (Å²) >= 11 is 0. The van der Waals surface area contributed by atoms with Crippen LogP contribution in [-0.2, 0) is 19.1 Å². The molecule has 0 amide bonds. The number of aromatic amines is 1. The normalized spacial score (nSPS) is 19.4. The monoisotopic (exact) mass is 529 g/mol. The Hall–Kier alpha value is -3.17. The predicted molar refractivity (Wildman–Crippen MR) is 146 cm³/mol. The maximum Gasteiger partial charge on any atom is 0.306 e. The fraction of sp³-hybridized carbons (Fsp3) is 0.679. The average Bonchev–Trinajstić information content (AvgIpc) is 3.39. The van der Waals surface area contributed by atoms with Crippen molar-refractivity contribution < 1.29 is 19.1 Å². The second-order valence-electron chi connectivity index (χ2n) is 10.7. The van der Waals surface area contributed by atoms with Crippen LogP contribution in [0.4, 0.5) is 5.95 Å². The minimum atomic E-state index is -0.516. The van der Waals surface area contributed by atoms with Gasteiger partial charge in [0.25, 0.3) is 5.56 Å². The van der Waals surface area contributed by atoms with E-state index in [2.05, 4.69) is 28.5 Å². The predicted octanol–water partition coefficient (Wildman–Crippen LogP) is 4.85. The molecule has 1 saturated carbocycles. The number of hydrogen-bond acceptors (Lipinski definition) is 8. The van der Waals surface area contributed by atoms with Gasteiger partial charge in [-0.1, -0.05) is 72.3 Å². The molecule has 2 aromatic heterocycles. The standard InChI is InChI=1S/C28H43N5O5/c1-5-6-7-8-9-10-11-12-13-23(34)38-22-15-21(19(4)20(22)16-37-24(35)14-18(2)3)33-17-30-25-26(33)31-28(29)32-27(25)36/h17-18,20-22H,4-16H2,1-3H3,(H3,29,31,32,36). The van der Waals surface area contributed by atoms with Crippen LogP contribution < -0.4 is 11.3 Å². The minimum absolute atomic E-state index is 0.0136. The van der Waals surface area contributed by atoms with Gasteiger partial charge in [0.1, 0.15) is 12.7 Å². The number of rotatable bonds is 15. The third kappa shape index (κ3) is 7.91. The van der Waals surface area contributed by atoms with Gasteiger partial charge in [0.2, 0.25) is 5.95 Å². The molecule has 3 atom stereocenters. The minimum Gasteiger partial charge on any atom is -0.465 e. The van der Waals surface area contributed by atoms with Gasteiger partial charge in [0, 0.05) is 19.3 Å². The van der Waals surface area contributed by atoms with Crippen molar-refractivity contribution in [1.29, 1.82) is 0 Å². The Balaban J connectivity index is 1.66. The molecule has 0 saturated heterocycles. The highest BCUT2D eigenvalue weighted by atomic mass is 16.6. The number of hydrogen-bond donors (Lipinski definition) is 2. The van der Waals surface area contributed by atoms with Crippen molar-refractivity contribution in [3.05, 3.63) is 28.8 Å². The molecule has 1 aliphatic carbocycles. The van der Waals surface area contributed by atoms with Gasteiger partial charge in [0.05, 0.1) is 18.3 Å². The lowest BCUT2D eigenvalue weighted by atomic mass is 10.0. The van der Waals surface area contributed by atoms with Crippen LogP contribution in [-0.4, -0.2) is 44.2 Å². The summed E-state index contributed by atoms with van der Waals surface area (Å²) in [7, 11) is 0. The van der Waals surface area contributed by atoms with E-state index in [-0.39, 0.29) is 47.9 Å². The quantitative estimate of drug-likeness (QED) is 0.189. The van der Waals surface area contributed by atoms with Crippen molar-refractivity contribution in [3.8, 4) is 0 Å². The lowest BCUT2D eigenvalue weighted by Crippen LogP contribution is -2.27. The maximum atomic E-state index is 12.8. The zero-order valence-corrected chi connectivity index (χ0v) is 23.0. The highest BCUT2D eigenvalue weighted by molar-refractivity contribution is 5.72. The third-order valence-corrected chi connectivity index (χ3v) is 7.11. The van der Waals surface area contributed by atoms with E-state index in [0.717, 1.165) is 24.8 Å². The smallest absolute Gasteiger partial charge is 0.306 e. The second-order valence-corrected chi connectivity index (χ2v) is 10.7. The average molecular weight is 530 g/mol. The Morgan fingerprint density at radius 3 is 2.53 bits per heavy atom. The summed E-state index contributed by atoms with van der Waals surface area (Å²) in [4.78, 5) is 48.2. The molecule has 10 nitrogen and oxygen atoms in total. The van der Waals surface area contributed by atoms with Crippen molar-refractivity contribution in [2.75, 3.05) is 12.3 Å². The number of unbranched alkanes of at least 4 members (excludes halogenated alkanes) is 7. The molecule has 3 rings (SSSR count). The van der Waals surface area contributed by atoms with E-state index in [0.29, 0.717) is 24.9 Å². The number of imidazole rings is 1. The zero-order chi connectivity index (χ0) is 27.7. The van der Waals surface area contributed by atoms with E-state index in [1.54, 1.807) is 4.57 Å². The number of anilines is 1. The molecule has 0 bridgehead atoms. The van der Waals surface area contributed by atoms with E-state index < -0.39 is 11.7 Å². The van der Waals surface area contributed by atoms with Gasteiger partial charge in [-0.25, -0.2) is 4.98 Å². The summed E-state index contributed by atoms with van der Waals surface area (Å²) < 4.78 is 13.2. The first-order chi connectivity index (χ1) is 18.2. The molecule has 0 aliphatic heterocycles. The summed E-state index contributed by atoms with van der Waals surface area (Å²) in [6, 6.07) is -0.344. The summed E-state index contributed by atoms with van der Waals surface area (Å²) in [5.74, 6) is -0.776. The van der Waals surface area contributed by atoms with Crippen molar-refractivity contribution in [3.63, 3.8) is 0 Å². The first kappa shape index (κ1) is 29.4. The largest absolute Gasteiger partial charge is 0.465 e. The second kappa shape index (κ2) is 14.1. The molecule has 3 unspecified atom stereocenters. The Labute approximate surface area is 224 Å². The van der Waals surface area contributed by atoms with Gasteiger partial charge >= 0.3 is 11.9 Å². The van der Waals surface area contributed by atoms with Crippen LogP contribution >= 0.6 is 0 Å². The molecule has 2 aromatic rings. The van der Waals surface area contributed by atoms with Crippen LogP contribution in [0.1, 0.15) is 97.4 Å². The molecule has 10 heteroatoms. The Morgan fingerprint density at radius 2 is 1.84 bits per heavy atom. The molecule has 2 heterocycles. The van der Waals surface area contributed by atoms with Crippen LogP contribution in [0.15, 0.2) is 23.3 Å². The van der Waals surface area contributed by atoms with E-state index in [1.165, 1.54) is 38.4 Å². The Bertz CT molecular complexity index is 1150. The number of ether oxygens (including phenoxy) is 2. The summed E-state index contributed by atoms with van der Waals surface area (Å²) in [6.45, 7) is 10.4. The third-order valence-electron chi connectivity index (χ3n) is 7.11. The van der Waals surface area contributed by atoms with Crippen molar-refractivity contribution in [1.82, 2.24) is 19.5 Å². The number of carbonyl (C=O) groups is 2. The summed E-state index contributed by atoms with van der Waals surface area (Å²) in [5, 5.41) is 0. The van der Waals surface area contributed by atoms with Crippen LogP contribution in [0.5, 0.6) is 0 Å². The van der Waals surface area contributed by atoms with Crippen LogP contribution in [0.2, 0.25) is 0 Å². The van der Waals surface area contributed by atoms with E-state index in [1.807, 2.05) is 13.8 Å². The fourth-order valence-corrected chi connectivity index (χ4v) is 5.04. The number of carbonyl (C=O) groups excluding carboxylic acids is 2. The molecule has 0 spiro atoms. The molecule has 0 radical (unpaired) electrons. The lowest BCUT2D eigenvalue weighted by molar-refractivity contribution is -0.153. The number of nitrogen functional groups attached to an aromatic ring is 1. The van der Waals surface area contributed by atoms with Gasteiger partial charge in [-0.3, -0.25) is 19.4 Å². The van der Waals surface area contributed by atoms with Crippen molar-refractivity contribution in [2.24, 2.45) is 11.8 Å². The fourth-order valence-electron chi connectivity index (χ4n) is 5.04. The molecular weight excluding hydrogens is 486 g/mol. The number of nitrogens with one attached hydrogen (secondary N) is 1. The number of aromatic nitrogens is 4. The van der Waals surface area contributed by atoms with Gasteiger partial charge in [0.15, 0.2) is 11.2 Å². The molecule has 210 valence electrons. The SMILES string of the molecule is C=C1C(COC(=O)CC(C)C)C(OC(=O)CCCCCCCCCC)CC1n1cnc2c(=O)[nH]c(N)nc21. The Morgan fingerprint density at radius 1 is 1.16 bits per heavy atom. The Kier molecular flexibility index (Phi) is 10.9. The molecule has 0 aromatic carbocycles. The van der Waals surface area contributed by atoms with Gasteiger partial charge in [-0.05, 0) is 17.9 Å². The van der Waals surface area contributed by atoms with Gasteiger partial charge in [-0.2, -0.15) is 4.98 Å². The topological polar surface area (TPSA) is 142 Å². The van der Waals surface area contributed by atoms with Crippen LogP contribution in [0, 0.1) is 11.8 Å². The molecule has 3 N–H and O–H groups in total. The number of nitrogens with two attached hydrogens (primary N) is 1. The highest BCUT2D eigenvalue weighted by Crippen LogP contribution is 2.42. The first-order valence-electron chi connectivity index (χ1n) is 14.0. The zero-order valence-electron chi connectivity index (χ0n) is 23.0. The van der Waals surface area contributed by atoms with Gasteiger partial charge < -0.3 is 19.8 Å². The van der Waals surface area contributed by atoms with Crippen molar-refractivity contribution >= 4 is 29.1 Å². The molecule has 1 aliphatic rings. The highest BCUT2D eigenvalue weighted by Gasteiger charge is 2.42. The number of nitrogens with zero attached hydrogens (tertiary/aromatic N) is 3. The number of esters is 2. The van der Waals surface area contributed by atoms with E-state index >= 15 is 0 Å². The van der Waals surface area contributed by atoms with Gasteiger partial charge in [-0.15, -0.1) is 0 Å². The van der Waals surface area contributed by atoms with E-state index in [4.69, 9.17) is 15.2 Å². The molecule has 1 fully saturated rings. The number of fused-ring (bicyclic) bond motifs is 1. The van der Waals surface area contributed by atoms with Crippen LogP contribution in [0.25, 0.3) is 11.2 Å².